The average Bonchev–Trinajstić information content (AvgIpc) is 3.49. The number of H-pyrrole nitrogens is 1. The largest absolute Gasteiger partial charge is 0.378 e. The molecular formula is C23H19F2N7O. The first-order valence-electron chi connectivity index (χ1n) is 10.6. The van der Waals surface area contributed by atoms with Crippen LogP contribution in [0, 0.1) is 0 Å². The fourth-order valence-electron chi connectivity index (χ4n) is 4.16. The minimum atomic E-state index is -2.79. The fraction of sp³-hybridized carbons (Fsp3) is 0.217. The number of morpholine rings is 1. The SMILES string of the molecule is FC(F)c1nc2ccccc2n1-c1nc(-c2cccc3[nH]ccc23)nc(N2CCOCC2)n1. The van der Waals surface area contributed by atoms with Crippen LogP contribution in [0.5, 0.6) is 0 Å². The molecule has 0 aliphatic carbocycles. The first kappa shape index (κ1) is 19.7. The molecule has 6 rings (SSSR count). The van der Waals surface area contributed by atoms with Crippen molar-refractivity contribution in [2.75, 3.05) is 31.2 Å². The maximum Gasteiger partial charge on any atom is 0.296 e. The van der Waals surface area contributed by atoms with Gasteiger partial charge in [-0.25, -0.2) is 13.8 Å². The second-order valence-corrected chi connectivity index (χ2v) is 7.70. The highest BCUT2D eigenvalue weighted by Crippen LogP contribution is 2.30. The van der Waals surface area contributed by atoms with Crippen molar-refractivity contribution in [3.63, 3.8) is 0 Å². The molecule has 8 nitrogen and oxygen atoms in total. The van der Waals surface area contributed by atoms with E-state index in [-0.39, 0.29) is 5.95 Å². The van der Waals surface area contributed by atoms with Crippen LogP contribution in [-0.4, -0.2) is 55.8 Å². The molecule has 0 saturated carbocycles. The maximum absolute atomic E-state index is 14.0. The Balaban J connectivity index is 1.62. The number of benzene rings is 2. The summed E-state index contributed by atoms with van der Waals surface area (Å²) in [7, 11) is 0. The number of hydrogen-bond acceptors (Lipinski definition) is 6. The van der Waals surface area contributed by atoms with Gasteiger partial charge in [-0.2, -0.15) is 15.0 Å². The van der Waals surface area contributed by atoms with Crippen LogP contribution in [-0.2, 0) is 4.74 Å². The highest BCUT2D eigenvalue weighted by molar-refractivity contribution is 5.93. The summed E-state index contributed by atoms with van der Waals surface area (Å²) in [5.41, 5.74) is 2.69. The molecule has 2 aromatic carbocycles. The Hall–Kier alpha value is -3.92. The molecule has 4 heterocycles. The highest BCUT2D eigenvalue weighted by atomic mass is 19.3. The molecule has 0 amide bonds. The van der Waals surface area contributed by atoms with Gasteiger partial charge in [0.2, 0.25) is 11.9 Å². The van der Waals surface area contributed by atoms with Gasteiger partial charge in [0.15, 0.2) is 11.6 Å². The van der Waals surface area contributed by atoms with E-state index in [1.807, 2.05) is 35.4 Å². The second kappa shape index (κ2) is 7.89. The second-order valence-electron chi connectivity index (χ2n) is 7.70. The summed E-state index contributed by atoms with van der Waals surface area (Å²) in [5.74, 6) is 0.535. The molecule has 1 aliphatic heterocycles. The van der Waals surface area contributed by atoms with E-state index in [0.717, 1.165) is 16.5 Å². The number of hydrogen-bond donors (Lipinski definition) is 1. The van der Waals surface area contributed by atoms with Gasteiger partial charge in [0, 0.05) is 35.8 Å². The van der Waals surface area contributed by atoms with E-state index in [4.69, 9.17) is 9.72 Å². The zero-order valence-electron chi connectivity index (χ0n) is 17.4. The lowest BCUT2D eigenvalue weighted by Gasteiger charge is -2.27. The molecule has 5 aromatic rings. The number of nitrogens with one attached hydrogen (secondary N) is 1. The molecule has 0 spiro atoms. The van der Waals surface area contributed by atoms with E-state index >= 15 is 0 Å². The van der Waals surface area contributed by atoms with Gasteiger partial charge < -0.3 is 14.6 Å². The Kier molecular flexibility index (Phi) is 4.72. The van der Waals surface area contributed by atoms with E-state index in [0.29, 0.717) is 49.1 Å². The molecule has 0 bridgehead atoms. The average molecular weight is 447 g/mol. The first-order chi connectivity index (χ1) is 16.2. The number of halogens is 2. The van der Waals surface area contributed by atoms with Crippen molar-refractivity contribution >= 4 is 27.9 Å². The third-order valence-corrected chi connectivity index (χ3v) is 5.72. The van der Waals surface area contributed by atoms with Gasteiger partial charge in [0.25, 0.3) is 6.43 Å². The zero-order chi connectivity index (χ0) is 22.4. The van der Waals surface area contributed by atoms with Crippen LogP contribution in [0.2, 0.25) is 0 Å². The Morgan fingerprint density at radius 3 is 2.55 bits per heavy atom. The Labute approximate surface area is 186 Å². The Morgan fingerprint density at radius 2 is 1.70 bits per heavy atom. The summed E-state index contributed by atoms with van der Waals surface area (Å²) in [4.78, 5) is 23.3. The molecule has 166 valence electrons. The van der Waals surface area contributed by atoms with Gasteiger partial charge in [0.1, 0.15) is 0 Å². The highest BCUT2D eigenvalue weighted by Gasteiger charge is 2.25. The van der Waals surface area contributed by atoms with Crippen molar-refractivity contribution in [1.29, 1.82) is 0 Å². The lowest BCUT2D eigenvalue weighted by Crippen LogP contribution is -2.37. The zero-order valence-corrected chi connectivity index (χ0v) is 17.4. The number of ether oxygens (including phenoxy) is 1. The predicted octanol–water partition coefficient (Wildman–Crippen LogP) is 4.13. The van der Waals surface area contributed by atoms with E-state index in [2.05, 4.69) is 19.9 Å². The summed E-state index contributed by atoms with van der Waals surface area (Å²) in [6.07, 6.45) is -0.949. The third kappa shape index (κ3) is 3.39. The quantitative estimate of drug-likeness (QED) is 0.446. The molecule has 10 heteroatoms. The monoisotopic (exact) mass is 447 g/mol. The topological polar surface area (TPSA) is 84.8 Å². The summed E-state index contributed by atoms with van der Waals surface area (Å²) >= 11 is 0. The molecule has 1 N–H and O–H groups in total. The van der Waals surface area contributed by atoms with Gasteiger partial charge in [0.05, 0.1) is 24.2 Å². The van der Waals surface area contributed by atoms with Gasteiger partial charge >= 0.3 is 0 Å². The minimum Gasteiger partial charge on any atom is -0.378 e. The summed E-state index contributed by atoms with van der Waals surface area (Å²) < 4.78 is 34.8. The van der Waals surface area contributed by atoms with Gasteiger partial charge in [-0.15, -0.1) is 0 Å². The van der Waals surface area contributed by atoms with Crippen LogP contribution in [0.3, 0.4) is 0 Å². The molecule has 0 radical (unpaired) electrons. The summed E-state index contributed by atoms with van der Waals surface area (Å²) in [6.45, 7) is 2.29. The number of para-hydroxylation sites is 2. The van der Waals surface area contributed by atoms with Crippen LogP contribution < -0.4 is 4.90 Å². The minimum absolute atomic E-state index is 0.109. The van der Waals surface area contributed by atoms with Crippen molar-refractivity contribution < 1.29 is 13.5 Å². The van der Waals surface area contributed by atoms with Crippen molar-refractivity contribution in [3.05, 3.63) is 60.6 Å². The van der Waals surface area contributed by atoms with Gasteiger partial charge in [-0.05, 0) is 24.3 Å². The lowest BCUT2D eigenvalue weighted by atomic mass is 10.1. The molecule has 0 unspecified atom stereocenters. The van der Waals surface area contributed by atoms with Crippen molar-refractivity contribution in [3.8, 4) is 17.3 Å². The van der Waals surface area contributed by atoms with Crippen molar-refractivity contribution in [1.82, 2.24) is 29.5 Å². The maximum atomic E-state index is 14.0. The number of rotatable bonds is 4. The number of imidazole rings is 1. The molecule has 1 saturated heterocycles. The van der Waals surface area contributed by atoms with E-state index in [1.54, 1.807) is 24.3 Å². The Morgan fingerprint density at radius 1 is 0.879 bits per heavy atom. The van der Waals surface area contributed by atoms with Crippen LogP contribution in [0.4, 0.5) is 14.7 Å². The molecule has 0 atom stereocenters. The van der Waals surface area contributed by atoms with Crippen molar-refractivity contribution in [2.45, 2.75) is 6.43 Å². The number of aromatic nitrogens is 6. The molecule has 3 aromatic heterocycles. The molecule has 1 fully saturated rings. The predicted molar refractivity (Wildman–Crippen MR) is 120 cm³/mol. The first-order valence-corrected chi connectivity index (χ1v) is 10.6. The molecular weight excluding hydrogens is 428 g/mol. The summed E-state index contributed by atoms with van der Waals surface area (Å²) in [6, 6.07) is 14.7. The Bertz CT molecular complexity index is 1460. The number of aromatic amines is 1. The standard InChI is InChI=1S/C23H19F2N7O/c24-19(25)21-27-17-5-1-2-7-18(17)32(21)23-29-20(15-4-3-6-16-14(15)8-9-26-16)28-22(30-23)31-10-12-33-13-11-31/h1-9,19,26H,10-13H2. The lowest BCUT2D eigenvalue weighted by molar-refractivity contribution is 0.122. The van der Waals surface area contributed by atoms with E-state index < -0.39 is 12.2 Å². The number of anilines is 1. The van der Waals surface area contributed by atoms with Crippen LogP contribution in [0.1, 0.15) is 12.2 Å². The summed E-state index contributed by atoms with van der Waals surface area (Å²) in [5, 5.41) is 0.937. The molecule has 1 aliphatic rings. The van der Waals surface area contributed by atoms with Crippen molar-refractivity contribution in [2.24, 2.45) is 0 Å². The number of alkyl halides is 2. The van der Waals surface area contributed by atoms with Crippen LogP contribution in [0.15, 0.2) is 54.7 Å². The smallest absolute Gasteiger partial charge is 0.296 e. The number of fused-ring (bicyclic) bond motifs is 2. The normalized spacial score (nSPS) is 14.6. The van der Waals surface area contributed by atoms with Gasteiger partial charge in [-0.1, -0.05) is 24.3 Å². The van der Waals surface area contributed by atoms with E-state index in [1.165, 1.54) is 4.57 Å². The molecule has 33 heavy (non-hydrogen) atoms. The van der Waals surface area contributed by atoms with Crippen LogP contribution >= 0.6 is 0 Å². The van der Waals surface area contributed by atoms with E-state index in [9.17, 15) is 8.78 Å². The third-order valence-electron chi connectivity index (χ3n) is 5.72. The number of nitrogens with zero attached hydrogens (tertiary/aromatic N) is 6. The van der Waals surface area contributed by atoms with Crippen LogP contribution in [0.25, 0.3) is 39.3 Å². The van der Waals surface area contributed by atoms with Gasteiger partial charge in [-0.3, -0.25) is 4.57 Å². The fourth-order valence-corrected chi connectivity index (χ4v) is 4.16.